The van der Waals surface area contributed by atoms with Crippen molar-refractivity contribution in [3.63, 3.8) is 0 Å². The van der Waals surface area contributed by atoms with E-state index in [1.165, 1.54) is 11.3 Å². The minimum Gasteiger partial charge on any atom is -0.394 e. The molecule has 0 aliphatic heterocycles. The predicted molar refractivity (Wildman–Crippen MR) is 72.1 cm³/mol. The van der Waals surface area contributed by atoms with Crippen LogP contribution in [0.4, 0.5) is 0 Å². The van der Waals surface area contributed by atoms with E-state index in [1.54, 1.807) is 17.5 Å². The summed E-state index contributed by atoms with van der Waals surface area (Å²) in [5, 5.41) is 11.3. The lowest BCUT2D eigenvalue weighted by atomic mass is 9.78. The Labute approximate surface area is 112 Å². The van der Waals surface area contributed by atoms with E-state index in [9.17, 15) is 13.5 Å². The first-order valence-electron chi connectivity index (χ1n) is 6.16. The van der Waals surface area contributed by atoms with Crippen molar-refractivity contribution in [2.24, 2.45) is 5.92 Å². The van der Waals surface area contributed by atoms with Crippen LogP contribution in [0.5, 0.6) is 0 Å². The zero-order chi connectivity index (χ0) is 13.2. The Hall–Kier alpha value is -0.430. The monoisotopic (exact) mass is 289 g/mol. The number of hydrogen-bond donors (Lipinski definition) is 2. The van der Waals surface area contributed by atoms with Gasteiger partial charge in [-0.3, -0.25) is 0 Å². The van der Waals surface area contributed by atoms with Crippen LogP contribution in [0.25, 0.3) is 0 Å². The van der Waals surface area contributed by atoms with Crippen molar-refractivity contribution in [3.8, 4) is 0 Å². The van der Waals surface area contributed by atoms with Crippen LogP contribution in [0.15, 0.2) is 21.7 Å². The molecule has 6 heteroatoms. The summed E-state index contributed by atoms with van der Waals surface area (Å²) >= 11 is 1.20. The maximum absolute atomic E-state index is 12.2. The normalized spacial score (nSPS) is 29.3. The van der Waals surface area contributed by atoms with Gasteiger partial charge < -0.3 is 5.11 Å². The van der Waals surface area contributed by atoms with E-state index < -0.39 is 15.6 Å². The highest BCUT2D eigenvalue weighted by Gasteiger charge is 2.38. The smallest absolute Gasteiger partial charge is 0.250 e. The second kappa shape index (κ2) is 5.28. The molecule has 4 nitrogen and oxygen atoms in total. The zero-order valence-corrected chi connectivity index (χ0v) is 12.1. The van der Waals surface area contributed by atoms with Gasteiger partial charge >= 0.3 is 0 Å². The van der Waals surface area contributed by atoms with Crippen molar-refractivity contribution >= 4 is 21.4 Å². The first kappa shape index (κ1) is 14.0. The number of nitrogens with one attached hydrogen (secondary N) is 1. The van der Waals surface area contributed by atoms with Crippen LogP contribution < -0.4 is 4.72 Å². The number of aliphatic hydroxyl groups is 1. The van der Waals surface area contributed by atoms with Gasteiger partial charge in [-0.2, -0.15) is 0 Å². The predicted octanol–water partition coefficient (Wildman–Crippen LogP) is 1.97. The first-order chi connectivity index (χ1) is 8.47. The Morgan fingerprint density at radius 2 is 2.39 bits per heavy atom. The summed E-state index contributed by atoms with van der Waals surface area (Å²) in [5.74, 6) is 0.442. The van der Waals surface area contributed by atoms with Crippen LogP contribution in [0, 0.1) is 5.92 Å². The maximum atomic E-state index is 12.2. The zero-order valence-electron chi connectivity index (χ0n) is 10.4. The van der Waals surface area contributed by atoms with E-state index in [2.05, 4.69) is 11.6 Å². The van der Waals surface area contributed by atoms with E-state index in [0.29, 0.717) is 23.0 Å². The molecule has 1 saturated carbocycles. The third-order valence-electron chi connectivity index (χ3n) is 3.50. The molecule has 0 saturated heterocycles. The molecule has 18 heavy (non-hydrogen) atoms. The average Bonchev–Trinajstić information content (AvgIpc) is 2.82. The molecule has 0 amide bonds. The van der Waals surface area contributed by atoms with E-state index in [0.717, 1.165) is 12.8 Å². The molecule has 2 N–H and O–H groups in total. The molecule has 1 fully saturated rings. The van der Waals surface area contributed by atoms with Gasteiger partial charge in [-0.25, -0.2) is 13.1 Å². The highest BCUT2D eigenvalue weighted by Crippen LogP contribution is 2.33. The molecule has 102 valence electrons. The fraction of sp³-hybridized carbons (Fsp3) is 0.667. The quantitative estimate of drug-likeness (QED) is 0.890. The minimum absolute atomic E-state index is 0.137. The highest BCUT2D eigenvalue weighted by atomic mass is 32.2. The molecule has 0 radical (unpaired) electrons. The second-order valence-electron chi connectivity index (χ2n) is 5.18. The number of sulfonamides is 1. The van der Waals surface area contributed by atoms with Crippen molar-refractivity contribution < 1.29 is 13.5 Å². The van der Waals surface area contributed by atoms with Gasteiger partial charge in [0.25, 0.3) is 10.0 Å². The number of aliphatic hydroxyl groups excluding tert-OH is 1. The summed E-state index contributed by atoms with van der Waals surface area (Å²) in [6.45, 7) is 1.96. The molecular formula is C12H19NO3S2. The lowest BCUT2D eigenvalue weighted by molar-refractivity contribution is 0.120. The molecule has 1 aliphatic carbocycles. The molecule has 2 rings (SSSR count). The summed E-state index contributed by atoms with van der Waals surface area (Å²) in [4.78, 5) is 0. The fourth-order valence-electron chi connectivity index (χ4n) is 2.68. The molecule has 0 aromatic carbocycles. The van der Waals surface area contributed by atoms with Crippen LogP contribution in [0.2, 0.25) is 0 Å². The third-order valence-corrected chi connectivity index (χ3v) is 6.48. The van der Waals surface area contributed by atoms with Crippen LogP contribution in [0.1, 0.15) is 32.6 Å². The summed E-state index contributed by atoms with van der Waals surface area (Å²) in [5.41, 5.74) is -0.680. The fourth-order valence-corrected chi connectivity index (χ4v) is 5.11. The molecule has 1 aromatic heterocycles. The number of rotatable bonds is 4. The molecule has 1 heterocycles. The Morgan fingerprint density at radius 1 is 1.61 bits per heavy atom. The SMILES string of the molecule is CC1CCCC(CO)(NS(=O)(=O)c2cccs2)C1. The van der Waals surface area contributed by atoms with E-state index >= 15 is 0 Å². The largest absolute Gasteiger partial charge is 0.394 e. The molecule has 0 spiro atoms. The highest BCUT2D eigenvalue weighted by molar-refractivity contribution is 7.91. The van der Waals surface area contributed by atoms with Crippen molar-refractivity contribution in [3.05, 3.63) is 17.5 Å². The van der Waals surface area contributed by atoms with Gasteiger partial charge in [-0.15, -0.1) is 11.3 Å². The van der Waals surface area contributed by atoms with Gasteiger partial charge in [0.1, 0.15) is 4.21 Å². The standard InChI is InChI=1S/C12H19NO3S2/c1-10-4-2-6-12(8-10,9-14)13-18(15,16)11-5-3-7-17-11/h3,5,7,10,13-14H,2,4,6,8-9H2,1H3. The van der Waals surface area contributed by atoms with Gasteiger partial charge in [0, 0.05) is 0 Å². The van der Waals surface area contributed by atoms with E-state index in [4.69, 9.17) is 0 Å². The lowest BCUT2D eigenvalue weighted by Crippen LogP contribution is -2.53. The van der Waals surface area contributed by atoms with Crippen LogP contribution in [-0.4, -0.2) is 25.7 Å². The number of thiophene rings is 1. The first-order valence-corrected chi connectivity index (χ1v) is 8.52. The Bertz CT molecular complexity index is 483. The molecule has 1 aliphatic rings. The Morgan fingerprint density at radius 3 is 2.94 bits per heavy atom. The Kier molecular flexibility index (Phi) is 4.11. The van der Waals surface area contributed by atoms with Crippen molar-refractivity contribution in [2.45, 2.75) is 42.4 Å². The minimum atomic E-state index is -3.50. The van der Waals surface area contributed by atoms with Crippen LogP contribution in [-0.2, 0) is 10.0 Å². The van der Waals surface area contributed by atoms with Gasteiger partial charge in [0.15, 0.2) is 0 Å². The summed E-state index contributed by atoms with van der Waals surface area (Å²) in [7, 11) is -3.50. The topological polar surface area (TPSA) is 66.4 Å². The van der Waals surface area contributed by atoms with E-state index in [1.807, 2.05) is 0 Å². The van der Waals surface area contributed by atoms with Crippen LogP contribution in [0.3, 0.4) is 0 Å². The third kappa shape index (κ3) is 2.93. The Balaban J connectivity index is 2.20. The van der Waals surface area contributed by atoms with Gasteiger partial charge in [0.05, 0.1) is 12.1 Å². The second-order valence-corrected chi connectivity index (χ2v) is 8.03. The summed E-state index contributed by atoms with van der Waals surface area (Å²) in [6, 6.07) is 3.30. The molecular weight excluding hydrogens is 270 g/mol. The van der Waals surface area contributed by atoms with Gasteiger partial charge in [-0.1, -0.05) is 25.8 Å². The lowest BCUT2D eigenvalue weighted by Gasteiger charge is -2.38. The van der Waals surface area contributed by atoms with Crippen molar-refractivity contribution in [1.29, 1.82) is 0 Å². The summed E-state index contributed by atoms with van der Waals surface area (Å²) < 4.78 is 27.5. The molecule has 1 aromatic rings. The van der Waals surface area contributed by atoms with Crippen LogP contribution >= 0.6 is 11.3 Å². The van der Waals surface area contributed by atoms with Gasteiger partial charge in [0.2, 0.25) is 0 Å². The van der Waals surface area contributed by atoms with Gasteiger partial charge in [-0.05, 0) is 30.2 Å². The number of hydrogen-bond acceptors (Lipinski definition) is 4. The maximum Gasteiger partial charge on any atom is 0.250 e. The average molecular weight is 289 g/mol. The molecule has 2 unspecified atom stereocenters. The molecule has 0 bridgehead atoms. The summed E-state index contributed by atoms with van der Waals surface area (Å²) in [6.07, 6.45) is 3.46. The van der Waals surface area contributed by atoms with Crippen molar-refractivity contribution in [2.75, 3.05) is 6.61 Å². The van der Waals surface area contributed by atoms with Crippen molar-refractivity contribution in [1.82, 2.24) is 4.72 Å². The van der Waals surface area contributed by atoms with E-state index in [-0.39, 0.29) is 6.61 Å². The molecule has 2 atom stereocenters.